The van der Waals surface area contributed by atoms with E-state index in [0.29, 0.717) is 71.3 Å². The number of Topliss-reactive ketones (excluding diaryl/α,β-unsaturated/α-hetero) is 2. The van der Waals surface area contributed by atoms with Crippen LogP contribution in [0.4, 0.5) is 0 Å². The highest BCUT2D eigenvalue weighted by Crippen LogP contribution is 2.38. The number of fused-ring (bicyclic) bond motifs is 2. The van der Waals surface area contributed by atoms with Crippen LogP contribution in [0.25, 0.3) is 22.5 Å². The minimum atomic E-state index is -0.472. The van der Waals surface area contributed by atoms with Gasteiger partial charge in [-0.2, -0.15) is 0 Å². The molecule has 5 rings (SSSR count). The molecule has 3 atom stereocenters. The van der Waals surface area contributed by atoms with Crippen molar-refractivity contribution in [3.63, 3.8) is 0 Å². The maximum absolute atomic E-state index is 13.4. The number of nitrogens with zero attached hydrogens (tertiary/aromatic N) is 2. The van der Waals surface area contributed by atoms with Gasteiger partial charge in [0.15, 0.2) is 0 Å². The lowest BCUT2D eigenvalue weighted by atomic mass is 9.80. The van der Waals surface area contributed by atoms with E-state index in [-0.39, 0.29) is 29.8 Å². The van der Waals surface area contributed by atoms with Crippen molar-refractivity contribution < 1.29 is 28.6 Å². The Kier molecular flexibility index (Phi) is 22.1. The van der Waals surface area contributed by atoms with Crippen LogP contribution >= 0.6 is 0 Å². The number of ketones is 2. The van der Waals surface area contributed by atoms with Gasteiger partial charge in [0.25, 0.3) is 0 Å². The lowest BCUT2D eigenvalue weighted by Gasteiger charge is -2.30. The summed E-state index contributed by atoms with van der Waals surface area (Å²) in [6.45, 7) is 15.3. The van der Waals surface area contributed by atoms with Crippen LogP contribution in [0.1, 0.15) is 96.0 Å². The van der Waals surface area contributed by atoms with Gasteiger partial charge >= 0.3 is 0 Å². The number of unbranched alkanes of at least 4 members (excludes halogenated alkanes) is 1. The Labute approximate surface area is 411 Å². The zero-order valence-electron chi connectivity index (χ0n) is 42.1. The van der Waals surface area contributed by atoms with Gasteiger partial charge < -0.3 is 45.8 Å². The van der Waals surface area contributed by atoms with Crippen molar-refractivity contribution in [3.8, 4) is 11.1 Å². The Balaban J connectivity index is 0.936. The fourth-order valence-electron chi connectivity index (χ4n) is 8.98. The van der Waals surface area contributed by atoms with E-state index in [1.54, 1.807) is 11.9 Å². The van der Waals surface area contributed by atoms with E-state index in [9.17, 15) is 14.4 Å². The number of aryl methyl sites for hydroxylation is 3. The monoisotopic (exact) mass is 944 g/mol. The highest BCUT2D eigenvalue weighted by Gasteiger charge is 2.30. The first-order chi connectivity index (χ1) is 33.3. The molecule has 1 aliphatic carbocycles. The van der Waals surface area contributed by atoms with E-state index in [4.69, 9.17) is 25.8 Å². The highest BCUT2D eigenvalue weighted by molar-refractivity contribution is 5.95. The number of ether oxygens (including phenoxy) is 3. The van der Waals surface area contributed by atoms with Gasteiger partial charge in [0, 0.05) is 43.0 Å². The first kappa shape index (κ1) is 54.3. The predicted octanol–water partition coefficient (Wildman–Crippen LogP) is 7.15. The minimum absolute atomic E-state index is 0.0159. The van der Waals surface area contributed by atoms with Crippen LogP contribution in [-0.4, -0.2) is 113 Å². The van der Waals surface area contributed by atoms with Crippen LogP contribution in [0.3, 0.4) is 0 Å². The third kappa shape index (κ3) is 16.5. The van der Waals surface area contributed by atoms with Crippen molar-refractivity contribution in [3.05, 3.63) is 142 Å². The Bertz CT molecular complexity index is 2340. The molecule has 13 nitrogen and oxygen atoms in total. The Hall–Kier alpha value is -5.67. The van der Waals surface area contributed by atoms with Crippen LogP contribution in [-0.2, 0) is 35.0 Å². The number of likely N-dealkylation sites (N-methyl/N-ethyl adjacent to an activating group) is 1. The molecule has 7 N–H and O–H groups in total. The number of carbonyl (C=O) groups excluding carboxylic acids is 3. The van der Waals surface area contributed by atoms with Crippen molar-refractivity contribution in [2.75, 3.05) is 79.9 Å². The Morgan fingerprint density at radius 1 is 0.826 bits per heavy atom. The summed E-state index contributed by atoms with van der Waals surface area (Å²) in [5.41, 5.74) is 18.7. The van der Waals surface area contributed by atoms with Crippen molar-refractivity contribution in [2.24, 2.45) is 11.6 Å². The van der Waals surface area contributed by atoms with E-state index >= 15 is 0 Å². The largest absolute Gasteiger partial charge is 0.396 e. The fourth-order valence-corrected chi connectivity index (χ4v) is 8.98. The second-order valence-corrected chi connectivity index (χ2v) is 18.2. The van der Waals surface area contributed by atoms with Gasteiger partial charge in [-0.15, -0.1) is 0 Å². The van der Waals surface area contributed by atoms with Crippen molar-refractivity contribution in [1.29, 1.82) is 0 Å². The lowest BCUT2D eigenvalue weighted by molar-refractivity contribution is -0.124. The summed E-state index contributed by atoms with van der Waals surface area (Å²) in [5, 5.41) is 11.1. The molecule has 0 aliphatic heterocycles. The quantitative estimate of drug-likeness (QED) is 0.0212. The molecule has 0 aromatic heterocycles. The maximum atomic E-state index is 13.4. The van der Waals surface area contributed by atoms with E-state index in [0.717, 1.165) is 65.0 Å². The molecule has 0 saturated heterocycles. The molecular formula is C56H77N7O6. The van der Waals surface area contributed by atoms with Crippen LogP contribution < -0.4 is 27.5 Å². The highest BCUT2D eigenvalue weighted by atomic mass is 16.5. The summed E-state index contributed by atoms with van der Waals surface area (Å²) in [5.74, 6) is 6.44. The summed E-state index contributed by atoms with van der Waals surface area (Å²) in [6.07, 6.45) is 6.93. The maximum Gasteiger partial charge on any atom is 0.242 e. The van der Waals surface area contributed by atoms with Crippen LogP contribution in [0.15, 0.2) is 97.2 Å². The summed E-state index contributed by atoms with van der Waals surface area (Å²) >= 11 is 0. The number of nitrogens with one attached hydrogen (secondary N) is 3. The smallest absolute Gasteiger partial charge is 0.242 e. The van der Waals surface area contributed by atoms with Gasteiger partial charge in [0.1, 0.15) is 17.6 Å². The third-order valence-corrected chi connectivity index (χ3v) is 12.5. The molecule has 0 bridgehead atoms. The van der Waals surface area contributed by atoms with Gasteiger partial charge in [-0.1, -0.05) is 90.5 Å². The number of hydrogen-bond donors (Lipinski definition) is 5. The summed E-state index contributed by atoms with van der Waals surface area (Å²) in [6, 6.07) is 27.5. The normalized spacial score (nSPS) is 15.5. The zero-order valence-corrected chi connectivity index (χ0v) is 42.1. The third-order valence-electron chi connectivity index (χ3n) is 12.5. The first-order valence-corrected chi connectivity index (χ1v) is 24.5. The second kappa shape index (κ2) is 28.1. The number of rotatable bonds is 29. The summed E-state index contributed by atoms with van der Waals surface area (Å²) in [7, 11) is 3.93. The van der Waals surface area contributed by atoms with Crippen molar-refractivity contribution in [2.45, 2.75) is 84.7 Å². The average Bonchev–Trinajstić information content (AvgIpc) is 3.32. The molecule has 4 aromatic carbocycles. The van der Waals surface area contributed by atoms with Gasteiger partial charge in [-0.25, -0.2) is 5.84 Å². The predicted molar refractivity (Wildman–Crippen MR) is 278 cm³/mol. The van der Waals surface area contributed by atoms with E-state index in [2.05, 4.69) is 79.0 Å². The molecule has 4 aromatic rings. The summed E-state index contributed by atoms with van der Waals surface area (Å²) in [4.78, 5) is 41.2. The Morgan fingerprint density at radius 3 is 2.17 bits per heavy atom. The summed E-state index contributed by atoms with van der Waals surface area (Å²) < 4.78 is 17.4. The van der Waals surface area contributed by atoms with Crippen LogP contribution in [0.5, 0.6) is 0 Å². The molecule has 0 spiro atoms. The molecule has 1 amide bonds. The SMILES string of the molecule is CNCCC(=O)C1Cc2ccccc2/C(N(N)CCOCCOCCOCCN(C)CCC/C=C\NC(C)C(=O)NC(CC(C)=O)c2cccc(-c3c(C)cc(C)cc3C)c2)=C(/N)c2ccccc21. The molecule has 0 radical (unpaired) electrons. The molecule has 372 valence electrons. The standard InChI is InChI=1S/C56H77N7O6/c1-39-34-40(2)53(41(3)35-39)46-18-15-17-45(37-46)51(36-42(4)64)61-56(66)43(5)60-23-13-8-14-25-62(7)26-28-67-30-32-69-33-31-68-29-27-63(58)55-47-19-10-9-16-44(47)38-50(52(65)22-24-59-6)48-20-11-12-21-49(48)54(55)57/h9-13,15-21,23,34-35,37,43,50-51,59-60H,8,14,22,24-33,36,38,57-58H2,1-7H3,(H,61,66)/b23-13-,55-54-. The van der Waals surface area contributed by atoms with Crippen LogP contribution in [0.2, 0.25) is 0 Å². The molecule has 3 unspecified atom stereocenters. The zero-order chi connectivity index (χ0) is 49.7. The molecule has 13 heteroatoms. The van der Waals surface area contributed by atoms with Crippen LogP contribution in [0, 0.1) is 20.8 Å². The van der Waals surface area contributed by atoms with Gasteiger partial charge in [-0.05, 0) is 126 Å². The van der Waals surface area contributed by atoms with E-state index in [1.807, 2.05) is 80.8 Å². The molecule has 0 fully saturated rings. The fraction of sp³-hybridized carbons (Fsp3) is 0.446. The van der Waals surface area contributed by atoms with E-state index in [1.165, 1.54) is 22.3 Å². The molecule has 69 heavy (non-hydrogen) atoms. The number of nitrogens with two attached hydrogens (primary N) is 2. The molecular weight excluding hydrogens is 867 g/mol. The molecule has 0 heterocycles. The average molecular weight is 944 g/mol. The minimum Gasteiger partial charge on any atom is -0.396 e. The number of carbonyl (C=O) groups is 3. The number of hydrazine groups is 1. The first-order valence-electron chi connectivity index (χ1n) is 24.5. The van der Waals surface area contributed by atoms with E-state index < -0.39 is 12.1 Å². The van der Waals surface area contributed by atoms with Gasteiger partial charge in [0.05, 0.1) is 63.6 Å². The Morgan fingerprint density at radius 2 is 1.48 bits per heavy atom. The second-order valence-electron chi connectivity index (χ2n) is 18.2. The number of allylic oxidation sites excluding steroid dienone is 1. The van der Waals surface area contributed by atoms with Crippen molar-refractivity contribution >= 4 is 28.9 Å². The van der Waals surface area contributed by atoms with Gasteiger partial charge in [-0.3, -0.25) is 14.4 Å². The topological polar surface area (TPSA) is 174 Å². The molecule has 1 aliphatic rings. The molecule has 0 saturated carbocycles. The lowest BCUT2D eigenvalue weighted by Crippen LogP contribution is -2.42. The number of amides is 1. The number of benzene rings is 4. The van der Waals surface area contributed by atoms with Crippen molar-refractivity contribution in [1.82, 2.24) is 25.9 Å². The van der Waals surface area contributed by atoms with Gasteiger partial charge in [0.2, 0.25) is 5.91 Å². The number of hydrogen-bond acceptors (Lipinski definition) is 12.